The second-order valence-electron chi connectivity index (χ2n) is 7.11. The molecular formula is C20H24N4O3. The van der Waals surface area contributed by atoms with Crippen LogP contribution in [-0.2, 0) is 13.0 Å². The number of nitrogens with one attached hydrogen (secondary N) is 3. The number of amides is 1. The summed E-state index contributed by atoms with van der Waals surface area (Å²) < 4.78 is 0. The Balaban J connectivity index is 1.53. The largest absolute Gasteiger partial charge is 0.507 e. The van der Waals surface area contributed by atoms with Crippen molar-refractivity contribution in [3.8, 4) is 5.75 Å². The molecule has 0 bridgehead atoms. The summed E-state index contributed by atoms with van der Waals surface area (Å²) in [6.45, 7) is 3.29. The number of aromatic amines is 1. The van der Waals surface area contributed by atoms with E-state index in [1.165, 1.54) is 19.3 Å². The summed E-state index contributed by atoms with van der Waals surface area (Å²) in [5.41, 5.74) is 2.21. The van der Waals surface area contributed by atoms with Crippen LogP contribution in [0.2, 0.25) is 0 Å². The maximum Gasteiger partial charge on any atom is 0.265 e. The summed E-state index contributed by atoms with van der Waals surface area (Å²) in [6, 6.07) is 7.61. The monoisotopic (exact) mass is 368 g/mol. The first-order valence-electron chi connectivity index (χ1n) is 9.47. The van der Waals surface area contributed by atoms with Crippen LogP contribution in [0.4, 0.5) is 11.4 Å². The summed E-state index contributed by atoms with van der Waals surface area (Å²) in [4.78, 5) is 30.0. The molecule has 0 radical (unpaired) electrons. The van der Waals surface area contributed by atoms with Crippen molar-refractivity contribution in [2.45, 2.75) is 32.2 Å². The summed E-state index contributed by atoms with van der Waals surface area (Å²) >= 11 is 0. The molecule has 3 heterocycles. The number of hydrogen-bond acceptors (Lipinski definition) is 5. The van der Waals surface area contributed by atoms with Gasteiger partial charge in [-0.15, -0.1) is 0 Å². The molecule has 27 heavy (non-hydrogen) atoms. The van der Waals surface area contributed by atoms with Gasteiger partial charge >= 0.3 is 0 Å². The number of piperidine rings is 1. The van der Waals surface area contributed by atoms with E-state index in [0.717, 1.165) is 18.8 Å². The van der Waals surface area contributed by atoms with E-state index in [0.29, 0.717) is 36.5 Å². The minimum atomic E-state index is -0.596. The third-order valence-electron chi connectivity index (χ3n) is 5.31. The highest BCUT2D eigenvalue weighted by Gasteiger charge is 2.24. The lowest BCUT2D eigenvalue weighted by Crippen LogP contribution is -2.31. The smallest absolute Gasteiger partial charge is 0.265 e. The Morgan fingerprint density at radius 3 is 2.59 bits per heavy atom. The third kappa shape index (κ3) is 3.55. The Morgan fingerprint density at radius 2 is 1.85 bits per heavy atom. The number of pyridine rings is 1. The molecule has 1 amide bonds. The Labute approximate surface area is 157 Å². The highest BCUT2D eigenvalue weighted by molar-refractivity contribution is 6.06. The van der Waals surface area contributed by atoms with E-state index in [9.17, 15) is 14.7 Å². The van der Waals surface area contributed by atoms with Gasteiger partial charge in [-0.05, 0) is 56.5 Å². The number of carbonyl (C=O) groups is 1. The Bertz CT molecular complexity index is 899. The van der Waals surface area contributed by atoms with Crippen molar-refractivity contribution in [2.24, 2.45) is 0 Å². The van der Waals surface area contributed by atoms with Gasteiger partial charge < -0.3 is 25.6 Å². The average molecular weight is 368 g/mol. The van der Waals surface area contributed by atoms with Crippen molar-refractivity contribution in [1.29, 1.82) is 0 Å². The lowest BCUT2D eigenvalue weighted by molar-refractivity contribution is 0.102. The topological polar surface area (TPSA) is 97.5 Å². The van der Waals surface area contributed by atoms with E-state index >= 15 is 0 Å². The lowest BCUT2D eigenvalue weighted by atomic mass is 10.0. The molecule has 0 saturated carbocycles. The Hall–Kier alpha value is -2.80. The second kappa shape index (κ2) is 7.44. The molecule has 0 aliphatic carbocycles. The zero-order chi connectivity index (χ0) is 18.8. The zero-order valence-corrected chi connectivity index (χ0v) is 15.2. The number of fused-ring (bicyclic) bond motifs is 1. The number of H-pyrrole nitrogens is 1. The fraction of sp³-hybridized carbons (Fsp3) is 0.400. The van der Waals surface area contributed by atoms with Gasteiger partial charge in [0.2, 0.25) is 0 Å². The molecule has 0 unspecified atom stereocenters. The number of hydrogen-bond donors (Lipinski definition) is 4. The lowest BCUT2D eigenvalue weighted by Gasteiger charge is -2.28. The number of rotatable bonds is 3. The highest BCUT2D eigenvalue weighted by atomic mass is 16.3. The number of aromatic hydroxyl groups is 1. The van der Waals surface area contributed by atoms with Crippen LogP contribution in [0.3, 0.4) is 0 Å². The average Bonchev–Trinajstić information content (AvgIpc) is 2.69. The summed E-state index contributed by atoms with van der Waals surface area (Å²) in [7, 11) is 0. The molecule has 2 aliphatic heterocycles. The maximum atomic E-state index is 12.6. The normalized spacial score (nSPS) is 16.7. The molecule has 1 aromatic heterocycles. The molecule has 4 rings (SSSR count). The fourth-order valence-electron chi connectivity index (χ4n) is 3.84. The fourth-order valence-corrected chi connectivity index (χ4v) is 3.84. The third-order valence-corrected chi connectivity index (χ3v) is 5.31. The number of anilines is 2. The second-order valence-corrected chi connectivity index (χ2v) is 7.11. The van der Waals surface area contributed by atoms with Crippen molar-refractivity contribution in [3.05, 3.63) is 51.4 Å². The first-order valence-corrected chi connectivity index (χ1v) is 9.47. The first kappa shape index (κ1) is 17.6. The van der Waals surface area contributed by atoms with Gasteiger partial charge in [0, 0.05) is 42.3 Å². The van der Waals surface area contributed by atoms with Crippen molar-refractivity contribution in [3.63, 3.8) is 0 Å². The van der Waals surface area contributed by atoms with Gasteiger partial charge in [0.25, 0.3) is 11.5 Å². The van der Waals surface area contributed by atoms with Crippen molar-refractivity contribution in [2.75, 3.05) is 29.9 Å². The Morgan fingerprint density at radius 1 is 1.11 bits per heavy atom. The minimum Gasteiger partial charge on any atom is -0.507 e. The molecule has 0 spiro atoms. The molecule has 1 saturated heterocycles. The number of aromatic nitrogens is 1. The van der Waals surface area contributed by atoms with Crippen molar-refractivity contribution >= 4 is 17.3 Å². The van der Waals surface area contributed by atoms with Crippen LogP contribution in [0.5, 0.6) is 5.75 Å². The van der Waals surface area contributed by atoms with Gasteiger partial charge in [-0.2, -0.15) is 0 Å². The van der Waals surface area contributed by atoms with Crippen LogP contribution < -0.4 is 21.1 Å². The predicted octanol–water partition coefficient (Wildman–Crippen LogP) is 1.97. The molecule has 7 nitrogen and oxygen atoms in total. The van der Waals surface area contributed by atoms with Crippen LogP contribution in [0.15, 0.2) is 29.1 Å². The van der Waals surface area contributed by atoms with Crippen LogP contribution in [0, 0.1) is 0 Å². The summed E-state index contributed by atoms with van der Waals surface area (Å²) in [6.07, 6.45) is 4.26. The predicted molar refractivity (Wildman–Crippen MR) is 105 cm³/mol. The molecule has 2 aliphatic rings. The van der Waals surface area contributed by atoms with Gasteiger partial charge in [-0.25, -0.2) is 0 Å². The van der Waals surface area contributed by atoms with E-state index < -0.39 is 11.5 Å². The van der Waals surface area contributed by atoms with E-state index in [2.05, 4.69) is 20.5 Å². The summed E-state index contributed by atoms with van der Waals surface area (Å²) in [5, 5.41) is 16.3. The van der Waals surface area contributed by atoms with Gasteiger partial charge in [0.15, 0.2) is 0 Å². The molecule has 142 valence electrons. The van der Waals surface area contributed by atoms with Crippen molar-refractivity contribution < 1.29 is 9.90 Å². The van der Waals surface area contributed by atoms with Gasteiger partial charge in [0.05, 0.1) is 0 Å². The van der Waals surface area contributed by atoms with Crippen molar-refractivity contribution in [1.82, 2.24) is 10.3 Å². The summed E-state index contributed by atoms with van der Waals surface area (Å²) in [5.74, 6) is -0.807. The Kier molecular flexibility index (Phi) is 4.85. The molecule has 1 aromatic carbocycles. The highest BCUT2D eigenvalue weighted by Crippen LogP contribution is 2.26. The zero-order valence-electron chi connectivity index (χ0n) is 15.2. The SMILES string of the molecule is O=C(Nc1ccc(N2CCCCC2)cc1)c1c(O)c2c([nH]c1=O)CNCC2. The molecular weight excluding hydrogens is 344 g/mol. The molecule has 7 heteroatoms. The van der Waals surface area contributed by atoms with Crippen LogP contribution >= 0.6 is 0 Å². The molecule has 4 N–H and O–H groups in total. The molecule has 1 fully saturated rings. The van der Waals surface area contributed by atoms with Gasteiger partial charge in [0.1, 0.15) is 11.3 Å². The van der Waals surface area contributed by atoms with E-state index in [-0.39, 0.29) is 11.3 Å². The quantitative estimate of drug-likeness (QED) is 0.664. The first-order chi connectivity index (χ1) is 13.1. The molecule has 0 atom stereocenters. The standard InChI is InChI=1S/C20H24N4O3/c25-18-15-8-9-21-12-16(15)23-20(27)17(18)19(26)22-13-4-6-14(7-5-13)24-10-2-1-3-11-24/h4-7,21H,1-3,8-12H2,(H,22,26)(H2,23,25,27). The van der Waals surface area contributed by atoms with E-state index in [1.807, 2.05) is 24.3 Å². The van der Waals surface area contributed by atoms with Crippen LogP contribution in [-0.4, -0.2) is 35.6 Å². The van der Waals surface area contributed by atoms with Gasteiger partial charge in [-0.3, -0.25) is 9.59 Å². The van der Waals surface area contributed by atoms with Gasteiger partial charge in [-0.1, -0.05) is 0 Å². The maximum absolute atomic E-state index is 12.6. The van der Waals surface area contributed by atoms with E-state index in [4.69, 9.17) is 0 Å². The molecule has 2 aromatic rings. The number of carbonyl (C=O) groups excluding carboxylic acids is 1. The van der Waals surface area contributed by atoms with Crippen LogP contribution in [0.1, 0.15) is 40.9 Å². The number of benzene rings is 1. The minimum absolute atomic E-state index is 0.210. The van der Waals surface area contributed by atoms with E-state index in [1.54, 1.807) is 0 Å². The number of nitrogens with zero attached hydrogens (tertiary/aromatic N) is 1. The van der Waals surface area contributed by atoms with Crippen LogP contribution in [0.25, 0.3) is 0 Å².